The Kier molecular flexibility index (Phi) is 12.5. The van der Waals surface area contributed by atoms with Crippen LogP contribution in [0, 0.1) is 13.8 Å². The number of phenolic OH excluding ortho intramolecular Hbond substituents is 2. The van der Waals surface area contributed by atoms with Gasteiger partial charge in [-0.3, -0.25) is 9.98 Å². The van der Waals surface area contributed by atoms with E-state index in [1.807, 2.05) is 38.4 Å². The van der Waals surface area contributed by atoms with Crippen molar-refractivity contribution in [2.24, 2.45) is 9.98 Å². The van der Waals surface area contributed by atoms with E-state index < -0.39 is 7.25 Å². The number of aromatic hydroxyl groups is 2. The molecule has 3 rings (SSSR count). The van der Waals surface area contributed by atoms with E-state index in [4.69, 9.17) is 9.98 Å². The minimum absolute atomic E-state index is 0. The number of hydrogen-bond acceptors (Lipinski definition) is 4. The van der Waals surface area contributed by atoms with Crippen LogP contribution in [0.25, 0.3) is 0 Å². The first-order valence-corrected chi connectivity index (χ1v) is 13.4. The van der Waals surface area contributed by atoms with Crippen LogP contribution in [0.2, 0.25) is 0 Å². The molecule has 10 heteroatoms. The molecule has 2 aromatic rings. The van der Waals surface area contributed by atoms with Gasteiger partial charge in [0.1, 0.15) is 11.5 Å². The van der Waals surface area contributed by atoms with Gasteiger partial charge in [0, 0.05) is 40.3 Å². The fraction of sp³-hybridized carbons (Fsp3) is 0.533. The van der Waals surface area contributed by atoms with Crippen molar-refractivity contribution in [3.05, 3.63) is 57.6 Å². The molecule has 1 aliphatic carbocycles. The molecule has 0 spiro atoms. The largest absolute Gasteiger partial charge is 0.673 e. The Hall–Kier alpha value is -2.33. The van der Waals surface area contributed by atoms with E-state index >= 15 is 0 Å². The van der Waals surface area contributed by atoms with Gasteiger partial charge in [-0.2, -0.15) is 0 Å². The molecule has 1 aliphatic rings. The minimum Gasteiger partial charge on any atom is -0.507 e. The Morgan fingerprint density at radius 3 is 1.27 bits per heavy atom. The molecule has 0 saturated heterocycles. The second-order valence-electron chi connectivity index (χ2n) is 12.4. The first kappa shape index (κ1) is 35.7. The molecule has 0 amide bonds. The van der Waals surface area contributed by atoms with Gasteiger partial charge < -0.3 is 27.5 Å². The van der Waals surface area contributed by atoms with Crippen LogP contribution in [0.1, 0.15) is 101 Å². The standard InChI is InChI=1S/C30H42N2O2.BF4.Co/c1-19-13-23(29(3,4)5)15-21(27(19)33)17-31-25-11-9-10-12-26(25)32-18-22-16-24(30(6,7)8)14-20(2)28(22)34;2-1(3,4)5;/h13-18,25-26,33-34H,9-12H2,1-8H3;;/q;-1;/t25-,26-;;/m1../s1. The van der Waals surface area contributed by atoms with Crippen molar-refractivity contribution in [2.75, 3.05) is 0 Å². The maximum Gasteiger partial charge on any atom is 0.673 e. The molecule has 1 fully saturated rings. The molecule has 2 aromatic carbocycles. The zero-order valence-corrected chi connectivity index (χ0v) is 25.7. The monoisotopic (exact) mass is 608 g/mol. The van der Waals surface area contributed by atoms with Crippen molar-refractivity contribution >= 4 is 19.7 Å². The molecule has 1 saturated carbocycles. The molecule has 0 heterocycles. The van der Waals surface area contributed by atoms with Crippen LogP contribution >= 0.6 is 0 Å². The molecule has 0 aliphatic heterocycles. The Morgan fingerprint density at radius 2 is 1.00 bits per heavy atom. The van der Waals surface area contributed by atoms with Gasteiger partial charge in [-0.25, -0.2) is 0 Å². The van der Waals surface area contributed by atoms with Gasteiger partial charge in [-0.1, -0.05) is 66.5 Å². The van der Waals surface area contributed by atoms with Crippen LogP contribution in [0.15, 0.2) is 34.3 Å². The topological polar surface area (TPSA) is 65.2 Å². The first-order valence-electron chi connectivity index (χ1n) is 13.4. The smallest absolute Gasteiger partial charge is 0.507 e. The minimum atomic E-state index is -6.00. The molecule has 40 heavy (non-hydrogen) atoms. The first-order chi connectivity index (χ1) is 17.8. The molecule has 0 aromatic heterocycles. The SMILES string of the molecule is Cc1cc(C(C)(C)C)cc(C=N[C@@H]2CCCC[C@H]2N=Cc2cc(C(C)(C)C)cc(C)c2O)c1O.F[B-](F)(F)F.[Co]. The Bertz CT molecular complexity index is 1110. The predicted octanol–water partition coefficient (Wildman–Crippen LogP) is 8.46. The van der Waals surface area contributed by atoms with E-state index in [2.05, 4.69) is 53.7 Å². The Labute approximate surface area is 246 Å². The fourth-order valence-corrected chi connectivity index (χ4v) is 4.47. The van der Waals surface area contributed by atoms with Crippen molar-refractivity contribution in [3.63, 3.8) is 0 Å². The summed E-state index contributed by atoms with van der Waals surface area (Å²) in [5.74, 6) is 0.596. The number of aliphatic imine (C=N–C) groups is 2. The Morgan fingerprint density at radius 1 is 0.700 bits per heavy atom. The van der Waals surface area contributed by atoms with E-state index in [0.29, 0.717) is 11.5 Å². The molecule has 2 N–H and O–H groups in total. The maximum absolute atomic E-state index is 10.6. The summed E-state index contributed by atoms with van der Waals surface area (Å²) in [4.78, 5) is 9.82. The van der Waals surface area contributed by atoms with Gasteiger partial charge in [0.15, 0.2) is 0 Å². The molecule has 4 nitrogen and oxygen atoms in total. The van der Waals surface area contributed by atoms with Crippen molar-refractivity contribution in [1.29, 1.82) is 0 Å². The van der Waals surface area contributed by atoms with Crippen LogP contribution in [0.4, 0.5) is 17.3 Å². The predicted molar refractivity (Wildman–Crippen MR) is 155 cm³/mol. The number of rotatable bonds is 4. The average molecular weight is 608 g/mol. The summed E-state index contributed by atoms with van der Waals surface area (Å²) in [7, 11) is -6.00. The van der Waals surface area contributed by atoms with Crippen LogP contribution in [0.3, 0.4) is 0 Å². The molecule has 0 unspecified atom stereocenters. The number of hydrogen-bond donors (Lipinski definition) is 2. The second-order valence-corrected chi connectivity index (χ2v) is 12.4. The Balaban J connectivity index is 0.00000122. The number of benzene rings is 2. The zero-order chi connectivity index (χ0) is 29.8. The van der Waals surface area contributed by atoms with Gasteiger partial charge in [0.2, 0.25) is 0 Å². The third-order valence-electron chi connectivity index (χ3n) is 6.90. The van der Waals surface area contributed by atoms with Crippen LogP contribution in [-0.4, -0.2) is 42.0 Å². The summed E-state index contributed by atoms with van der Waals surface area (Å²) in [6.07, 6.45) is 7.88. The van der Waals surface area contributed by atoms with Gasteiger partial charge in [-0.15, -0.1) is 0 Å². The van der Waals surface area contributed by atoms with E-state index in [1.165, 1.54) is 11.1 Å². The van der Waals surface area contributed by atoms with Gasteiger partial charge in [0.05, 0.1) is 12.1 Å². The summed E-state index contributed by atoms with van der Waals surface area (Å²) < 4.78 is 39.0. The molecule has 2 atom stereocenters. The third kappa shape index (κ3) is 10.9. The second kappa shape index (κ2) is 14.0. The normalized spacial score (nSPS) is 18.4. The molecular weight excluding hydrogens is 566 g/mol. The zero-order valence-electron chi connectivity index (χ0n) is 24.7. The summed E-state index contributed by atoms with van der Waals surface area (Å²) in [6, 6.07) is 8.34. The summed E-state index contributed by atoms with van der Waals surface area (Å²) >= 11 is 0. The summed E-state index contributed by atoms with van der Waals surface area (Å²) in [5, 5.41) is 21.3. The van der Waals surface area contributed by atoms with E-state index in [-0.39, 0.29) is 39.7 Å². The van der Waals surface area contributed by atoms with Crippen molar-refractivity contribution < 1.29 is 44.3 Å². The molecule has 0 bridgehead atoms. The van der Waals surface area contributed by atoms with E-state index in [0.717, 1.165) is 47.9 Å². The van der Waals surface area contributed by atoms with Crippen molar-refractivity contribution in [2.45, 2.75) is 104 Å². The third-order valence-corrected chi connectivity index (χ3v) is 6.90. The van der Waals surface area contributed by atoms with Crippen LogP contribution < -0.4 is 0 Å². The number of aryl methyl sites for hydroxylation is 2. The number of phenols is 2. The molecular formula is C30H42BCoF4N2O2-. The number of halogens is 4. The van der Waals surface area contributed by atoms with E-state index in [9.17, 15) is 27.5 Å². The maximum atomic E-state index is 10.6. The van der Waals surface area contributed by atoms with Crippen molar-refractivity contribution in [1.82, 2.24) is 0 Å². The quantitative estimate of drug-likeness (QED) is 0.208. The van der Waals surface area contributed by atoms with Crippen molar-refractivity contribution in [3.8, 4) is 11.5 Å². The molecule has 1 radical (unpaired) electrons. The van der Waals surface area contributed by atoms with Gasteiger partial charge in [-0.05, 0) is 71.9 Å². The fourth-order valence-electron chi connectivity index (χ4n) is 4.47. The molecule has 225 valence electrons. The van der Waals surface area contributed by atoms with Crippen LogP contribution in [-0.2, 0) is 27.6 Å². The summed E-state index contributed by atoms with van der Waals surface area (Å²) in [6.45, 7) is 16.9. The van der Waals surface area contributed by atoms with Gasteiger partial charge in [0.25, 0.3) is 0 Å². The summed E-state index contributed by atoms with van der Waals surface area (Å²) in [5.41, 5.74) is 5.65. The average Bonchev–Trinajstić information content (AvgIpc) is 2.78. The number of nitrogens with zero attached hydrogens (tertiary/aromatic N) is 2. The van der Waals surface area contributed by atoms with Crippen LogP contribution in [0.5, 0.6) is 11.5 Å². The van der Waals surface area contributed by atoms with Gasteiger partial charge >= 0.3 is 7.25 Å². The van der Waals surface area contributed by atoms with E-state index in [1.54, 1.807) is 0 Å².